The highest BCUT2D eigenvalue weighted by atomic mass is 32.2. The Balaban J connectivity index is 2.66. The molecule has 20 heavy (non-hydrogen) atoms. The van der Waals surface area contributed by atoms with E-state index in [1.165, 1.54) is 0 Å². The summed E-state index contributed by atoms with van der Waals surface area (Å²) in [6.45, 7) is 4.74. The Morgan fingerprint density at radius 3 is 2.40 bits per heavy atom. The van der Waals surface area contributed by atoms with E-state index in [1.54, 1.807) is 4.31 Å². The third-order valence-electron chi connectivity index (χ3n) is 3.81. The number of carboxylic acids is 1. The topological polar surface area (TPSA) is 74.7 Å². The van der Waals surface area contributed by atoms with Crippen LogP contribution in [0.4, 0.5) is 0 Å². The number of rotatable bonds is 9. The van der Waals surface area contributed by atoms with Crippen molar-refractivity contribution in [2.75, 3.05) is 12.3 Å². The molecule has 0 aromatic heterocycles. The predicted octanol–water partition coefficient (Wildman–Crippen LogP) is 2.47. The van der Waals surface area contributed by atoms with Crippen LogP contribution in [0.5, 0.6) is 0 Å². The lowest BCUT2D eigenvalue weighted by atomic mass is 10.1. The van der Waals surface area contributed by atoms with E-state index in [4.69, 9.17) is 5.11 Å². The minimum atomic E-state index is -3.33. The summed E-state index contributed by atoms with van der Waals surface area (Å²) in [5, 5.41) is 8.63. The van der Waals surface area contributed by atoms with Gasteiger partial charge in [-0.3, -0.25) is 4.79 Å². The van der Waals surface area contributed by atoms with Crippen LogP contribution in [0.1, 0.15) is 58.8 Å². The largest absolute Gasteiger partial charge is 0.481 e. The predicted molar refractivity (Wildman–Crippen MR) is 79.1 cm³/mol. The summed E-state index contributed by atoms with van der Waals surface area (Å²) in [6, 6.07) is 0.128. The second kappa shape index (κ2) is 7.98. The zero-order valence-corrected chi connectivity index (χ0v) is 13.4. The van der Waals surface area contributed by atoms with Crippen LogP contribution in [0.25, 0.3) is 0 Å². The molecule has 0 saturated heterocycles. The van der Waals surface area contributed by atoms with Gasteiger partial charge in [-0.15, -0.1) is 0 Å². The van der Waals surface area contributed by atoms with Crippen LogP contribution in [0, 0.1) is 5.92 Å². The molecule has 0 radical (unpaired) electrons. The van der Waals surface area contributed by atoms with Gasteiger partial charge in [0, 0.05) is 19.0 Å². The normalized spacial score (nSPS) is 17.2. The van der Waals surface area contributed by atoms with Crippen molar-refractivity contribution in [1.29, 1.82) is 0 Å². The maximum Gasteiger partial charge on any atom is 0.303 e. The zero-order valence-electron chi connectivity index (χ0n) is 12.5. The van der Waals surface area contributed by atoms with Crippen LogP contribution in [0.3, 0.4) is 0 Å². The van der Waals surface area contributed by atoms with Crippen LogP contribution < -0.4 is 0 Å². The summed E-state index contributed by atoms with van der Waals surface area (Å²) >= 11 is 0. The van der Waals surface area contributed by atoms with Crippen molar-refractivity contribution < 1.29 is 18.3 Å². The summed E-state index contributed by atoms with van der Waals surface area (Å²) in [6.07, 6.45) is 5.03. The van der Waals surface area contributed by atoms with Gasteiger partial charge < -0.3 is 5.11 Å². The Bertz CT molecular complexity index is 399. The van der Waals surface area contributed by atoms with Crippen LogP contribution >= 0.6 is 0 Å². The minimum Gasteiger partial charge on any atom is -0.481 e. The fraction of sp³-hybridized carbons (Fsp3) is 0.929. The highest BCUT2D eigenvalue weighted by Gasteiger charge is 2.31. The molecule has 6 heteroatoms. The molecule has 1 aliphatic rings. The molecule has 1 saturated carbocycles. The maximum absolute atomic E-state index is 12.4. The van der Waals surface area contributed by atoms with Gasteiger partial charge in [0.05, 0.1) is 5.75 Å². The van der Waals surface area contributed by atoms with E-state index in [0.29, 0.717) is 12.5 Å². The van der Waals surface area contributed by atoms with E-state index in [2.05, 4.69) is 13.8 Å². The molecule has 1 aliphatic carbocycles. The van der Waals surface area contributed by atoms with Gasteiger partial charge in [0.1, 0.15) is 0 Å². The Kier molecular flexibility index (Phi) is 6.95. The molecule has 118 valence electrons. The fourth-order valence-electron chi connectivity index (χ4n) is 2.65. The Morgan fingerprint density at radius 2 is 1.90 bits per heavy atom. The number of hydrogen-bond donors (Lipinski definition) is 1. The highest BCUT2D eigenvalue weighted by Crippen LogP contribution is 2.27. The molecule has 0 aliphatic heterocycles. The third kappa shape index (κ3) is 5.79. The van der Waals surface area contributed by atoms with Gasteiger partial charge >= 0.3 is 5.97 Å². The molecule has 1 N–H and O–H groups in total. The van der Waals surface area contributed by atoms with Gasteiger partial charge in [0.25, 0.3) is 0 Å². The van der Waals surface area contributed by atoms with Crippen molar-refractivity contribution >= 4 is 16.0 Å². The molecule has 0 heterocycles. The van der Waals surface area contributed by atoms with Crippen LogP contribution in [-0.4, -0.2) is 42.1 Å². The van der Waals surface area contributed by atoms with Crippen LogP contribution in [0.2, 0.25) is 0 Å². The number of sulfonamides is 1. The summed E-state index contributed by atoms with van der Waals surface area (Å²) in [5.74, 6) is -0.517. The molecule has 0 atom stereocenters. The molecule has 0 bridgehead atoms. The first-order valence-corrected chi connectivity index (χ1v) is 9.15. The highest BCUT2D eigenvalue weighted by molar-refractivity contribution is 7.89. The first kappa shape index (κ1) is 17.4. The van der Waals surface area contributed by atoms with Gasteiger partial charge in [-0.2, -0.15) is 4.31 Å². The lowest BCUT2D eigenvalue weighted by Crippen LogP contribution is -2.41. The summed E-state index contributed by atoms with van der Waals surface area (Å²) in [4.78, 5) is 10.5. The molecule has 0 aromatic rings. The third-order valence-corrected chi connectivity index (χ3v) is 5.81. The van der Waals surface area contributed by atoms with E-state index in [-0.39, 0.29) is 24.6 Å². The average molecular weight is 305 g/mol. The standard InChI is InChI=1S/C14H27NO4S/c1-12(2)9-10-15(13-6-3-4-7-13)20(18,19)11-5-8-14(16)17/h12-13H,3-11H2,1-2H3,(H,16,17). The van der Waals surface area contributed by atoms with Gasteiger partial charge in [-0.05, 0) is 31.6 Å². The van der Waals surface area contributed by atoms with Crippen molar-refractivity contribution in [2.45, 2.75) is 64.8 Å². The molecular weight excluding hydrogens is 278 g/mol. The van der Waals surface area contributed by atoms with Crippen molar-refractivity contribution in [1.82, 2.24) is 4.31 Å². The molecule has 0 aromatic carbocycles. The van der Waals surface area contributed by atoms with E-state index < -0.39 is 16.0 Å². The lowest BCUT2D eigenvalue weighted by molar-refractivity contribution is -0.137. The van der Waals surface area contributed by atoms with Gasteiger partial charge in [-0.25, -0.2) is 8.42 Å². The second-order valence-corrected chi connectivity index (χ2v) is 8.09. The SMILES string of the molecule is CC(C)CCN(C1CCCC1)S(=O)(=O)CCCC(=O)O. The number of nitrogens with zero attached hydrogens (tertiary/aromatic N) is 1. The Labute approximate surface area is 122 Å². The first-order chi connectivity index (χ1) is 9.33. The lowest BCUT2D eigenvalue weighted by Gasteiger charge is -2.28. The summed E-state index contributed by atoms with van der Waals surface area (Å²) < 4.78 is 26.5. The number of carbonyl (C=O) groups is 1. The second-order valence-electron chi connectivity index (χ2n) is 6.04. The van der Waals surface area contributed by atoms with Crippen molar-refractivity contribution in [3.63, 3.8) is 0 Å². The number of carboxylic acid groups (broad SMARTS) is 1. The summed E-state index contributed by atoms with van der Waals surface area (Å²) in [7, 11) is -3.33. The molecule has 1 rings (SSSR count). The van der Waals surface area contributed by atoms with E-state index in [1.807, 2.05) is 0 Å². The molecule has 5 nitrogen and oxygen atoms in total. The van der Waals surface area contributed by atoms with E-state index >= 15 is 0 Å². The van der Waals surface area contributed by atoms with Crippen molar-refractivity contribution in [3.05, 3.63) is 0 Å². The molecule has 0 amide bonds. The van der Waals surface area contributed by atoms with Crippen molar-refractivity contribution in [3.8, 4) is 0 Å². The first-order valence-electron chi connectivity index (χ1n) is 7.54. The van der Waals surface area contributed by atoms with Gasteiger partial charge in [0.15, 0.2) is 0 Å². The van der Waals surface area contributed by atoms with Crippen LogP contribution in [-0.2, 0) is 14.8 Å². The van der Waals surface area contributed by atoms with Crippen molar-refractivity contribution in [2.24, 2.45) is 5.92 Å². The Hall–Kier alpha value is -0.620. The molecule has 0 spiro atoms. The summed E-state index contributed by atoms with van der Waals surface area (Å²) in [5.41, 5.74) is 0. The molecule has 0 unspecified atom stereocenters. The van der Waals surface area contributed by atoms with Gasteiger partial charge in [-0.1, -0.05) is 26.7 Å². The molecular formula is C14H27NO4S. The maximum atomic E-state index is 12.4. The van der Waals surface area contributed by atoms with Gasteiger partial charge in [0.2, 0.25) is 10.0 Å². The molecule has 1 fully saturated rings. The zero-order chi connectivity index (χ0) is 15.2. The fourth-order valence-corrected chi connectivity index (χ4v) is 4.44. The van der Waals surface area contributed by atoms with Crippen LogP contribution in [0.15, 0.2) is 0 Å². The quantitative estimate of drug-likeness (QED) is 0.710. The number of aliphatic carboxylic acids is 1. The Morgan fingerprint density at radius 1 is 1.30 bits per heavy atom. The van der Waals surface area contributed by atoms with E-state index in [9.17, 15) is 13.2 Å². The van der Waals surface area contributed by atoms with E-state index in [0.717, 1.165) is 32.1 Å². The smallest absolute Gasteiger partial charge is 0.303 e. The minimum absolute atomic E-state index is 0.0477. The number of hydrogen-bond acceptors (Lipinski definition) is 3. The monoisotopic (exact) mass is 305 g/mol. The average Bonchev–Trinajstić information content (AvgIpc) is 2.81.